The zero-order chi connectivity index (χ0) is 14.4. The van der Waals surface area contributed by atoms with Crippen LogP contribution in [0.2, 0.25) is 0 Å². The zero-order valence-electron chi connectivity index (χ0n) is 11.5. The molecule has 0 unspecified atom stereocenters. The fourth-order valence-electron chi connectivity index (χ4n) is 3.11. The zero-order valence-corrected chi connectivity index (χ0v) is 13.1. The Bertz CT molecular complexity index is 844. The van der Waals surface area contributed by atoms with Crippen LogP contribution in [0.25, 0.3) is 27.9 Å². The van der Waals surface area contributed by atoms with Gasteiger partial charge in [-0.2, -0.15) is 0 Å². The number of halogens is 1. The standard InChI is InChI=1S/C18H15BrN2/c1-11-14-3-2-4-16-17(14)15(9-10-20-11)18(21-16)12-5-7-13(19)8-6-12/h2-8,20-21H,1,9-10H2. The van der Waals surface area contributed by atoms with Crippen molar-refractivity contribution in [3.63, 3.8) is 0 Å². The van der Waals surface area contributed by atoms with Gasteiger partial charge < -0.3 is 10.3 Å². The second-order valence-corrected chi connectivity index (χ2v) is 6.28. The van der Waals surface area contributed by atoms with E-state index < -0.39 is 0 Å². The average molecular weight is 339 g/mol. The maximum absolute atomic E-state index is 4.16. The van der Waals surface area contributed by atoms with Gasteiger partial charge in [0, 0.05) is 38.9 Å². The first-order valence-corrected chi connectivity index (χ1v) is 7.86. The van der Waals surface area contributed by atoms with Crippen molar-refractivity contribution in [2.45, 2.75) is 6.42 Å². The molecule has 1 aliphatic rings. The van der Waals surface area contributed by atoms with Gasteiger partial charge in [0.25, 0.3) is 0 Å². The number of benzene rings is 2. The van der Waals surface area contributed by atoms with Crippen molar-refractivity contribution >= 4 is 32.5 Å². The Morgan fingerprint density at radius 1 is 1.05 bits per heavy atom. The number of aromatic amines is 1. The Morgan fingerprint density at radius 3 is 2.67 bits per heavy atom. The van der Waals surface area contributed by atoms with E-state index in [9.17, 15) is 0 Å². The van der Waals surface area contributed by atoms with Crippen molar-refractivity contribution in [3.05, 3.63) is 64.6 Å². The van der Waals surface area contributed by atoms with Gasteiger partial charge >= 0.3 is 0 Å². The number of aromatic nitrogens is 1. The van der Waals surface area contributed by atoms with E-state index in [1.165, 1.54) is 33.3 Å². The molecule has 3 aromatic rings. The predicted octanol–water partition coefficient (Wildman–Crippen LogP) is 4.71. The third kappa shape index (κ3) is 2.00. The number of hydrogen-bond donors (Lipinski definition) is 2. The lowest BCUT2D eigenvalue weighted by Gasteiger charge is -2.06. The molecule has 1 aromatic heterocycles. The van der Waals surface area contributed by atoms with Gasteiger partial charge in [-0.1, -0.05) is 46.8 Å². The predicted molar refractivity (Wildman–Crippen MR) is 92.2 cm³/mol. The fourth-order valence-corrected chi connectivity index (χ4v) is 3.38. The van der Waals surface area contributed by atoms with Crippen LogP contribution < -0.4 is 5.32 Å². The summed E-state index contributed by atoms with van der Waals surface area (Å²) in [6.07, 6.45) is 1.00. The lowest BCUT2D eigenvalue weighted by Crippen LogP contribution is -2.12. The summed E-state index contributed by atoms with van der Waals surface area (Å²) in [6.45, 7) is 5.08. The summed E-state index contributed by atoms with van der Waals surface area (Å²) in [7, 11) is 0. The first-order chi connectivity index (χ1) is 10.2. The maximum Gasteiger partial charge on any atom is 0.0498 e. The lowest BCUT2D eigenvalue weighted by atomic mass is 10.00. The molecule has 0 atom stereocenters. The van der Waals surface area contributed by atoms with E-state index in [1.54, 1.807) is 0 Å². The molecule has 1 aliphatic heterocycles. The van der Waals surface area contributed by atoms with Gasteiger partial charge in [0.2, 0.25) is 0 Å². The Kier molecular flexibility index (Phi) is 2.89. The van der Waals surface area contributed by atoms with Gasteiger partial charge in [-0.05, 0) is 35.7 Å². The first kappa shape index (κ1) is 12.7. The van der Waals surface area contributed by atoms with Crippen molar-refractivity contribution < 1.29 is 0 Å². The molecule has 2 aromatic carbocycles. The summed E-state index contributed by atoms with van der Waals surface area (Å²) >= 11 is 3.50. The van der Waals surface area contributed by atoms with Crippen LogP contribution >= 0.6 is 15.9 Å². The quantitative estimate of drug-likeness (QED) is 0.660. The van der Waals surface area contributed by atoms with E-state index in [1.807, 2.05) is 0 Å². The first-order valence-electron chi connectivity index (χ1n) is 7.07. The molecule has 0 radical (unpaired) electrons. The van der Waals surface area contributed by atoms with E-state index in [0.29, 0.717) is 0 Å². The largest absolute Gasteiger partial charge is 0.385 e. The van der Waals surface area contributed by atoms with Gasteiger partial charge in [0.05, 0.1) is 0 Å². The second kappa shape index (κ2) is 4.78. The van der Waals surface area contributed by atoms with Crippen LogP contribution in [-0.2, 0) is 6.42 Å². The summed E-state index contributed by atoms with van der Waals surface area (Å²) in [5.74, 6) is 0. The van der Waals surface area contributed by atoms with Crippen LogP contribution in [0.5, 0.6) is 0 Å². The highest BCUT2D eigenvalue weighted by molar-refractivity contribution is 9.10. The fraction of sp³-hybridized carbons (Fsp3) is 0.111. The molecule has 21 heavy (non-hydrogen) atoms. The van der Waals surface area contributed by atoms with Crippen LogP contribution in [-0.4, -0.2) is 11.5 Å². The summed E-state index contributed by atoms with van der Waals surface area (Å²) in [6, 6.07) is 14.8. The van der Waals surface area contributed by atoms with E-state index >= 15 is 0 Å². The molecule has 0 bridgehead atoms. The van der Waals surface area contributed by atoms with Gasteiger partial charge in [-0.25, -0.2) is 0 Å². The summed E-state index contributed by atoms with van der Waals surface area (Å²) in [5, 5.41) is 4.72. The van der Waals surface area contributed by atoms with E-state index in [2.05, 4.69) is 75.3 Å². The van der Waals surface area contributed by atoms with Crippen molar-refractivity contribution in [1.29, 1.82) is 0 Å². The summed E-state index contributed by atoms with van der Waals surface area (Å²) in [5.41, 5.74) is 7.24. The third-order valence-electron chi connectivity index (χ3n) is 4.10. The highest BCUT2D eigenvalue weighted by Gasteiger charge is 2.19. The normalized spacial score (nSPS) is 14.0. The van der Waals surface area contributed by atoms with E-state index in [0.717, 1.165) is 23.1 Å². The Balaban J connectivity index is 2.02. The minimum absolute atomic E-state index is 0.921. The molecule has 0 fully saturated rings. The average Bonchev–Trinajstić information content (AvgIpc) is 2.77. The molecule has 2 heterocycles. The highest BCUT2D eigenvalue weighted by atomic mass is 79.9. The number of rotatable bonds is 1. The Hall–Kier alpha value is -2.00. The topological polar surface area (TPSA) is 27.8 Å². The molecule has 4 rings (SSSR count). The van der Waals surface area contributed by atoms with Crippen LogP contribution in [0.1, 0.15) is 11.1 Å². The number of nitrogens with one attached hydrogen (secondary N) is 2. The Morgan fingerprint density at radius 2 is 1.86 bits per heavy atom. The second-order valence-electron chi connectivity index (χ2n) is 5.37. The molecule has 3 heteroatoms. The van der Waals surface area contributed by atoms with Crippen LogP contribution in [0.3, 0.4) is 0 Å². The molecular weight excluding hydrogens is 324 g/mol. The molecule has 0 spiro atoms. The summed E-state index contributed by atoms with van der Waals surface area (Å²) in [4.78, 5) is 3.60. The summed E-state index contributed by atoms with van der Waals surface area (Å²) < 4.78 is 1.10. The van der Waals surface area contributed by atoms with Gasteiger partial charge in [-0.3, -0.25) is 0 Å². The minimum atomic E-state index is 0.921. The molecule has 104 valence electrons. The van der Waals surface area contributed by atoms with Crippen LogP contribution in [0.15, 0.2) is 53.5 Å². The molecule has 2 nitrogen and oxygen atoms in total. The lowest BCUT2D eigenvalue weighted by molar-refractivity contribution is 0.863. The number of H-pyrrole nitrogens is 1. The van der Waals surface area contributed by atoms with Gasteiger partial charge in [0.15, 0.2) is 0 Å². The highest BCUT2D eigenvalue weighted by Crippen LogP contribution is 2.36. The van der Waals surface area contributed by atoms with E-state index in [-0.39, 0.29) is 0 Å². The van der Waals surface area contributed by atoms with Crippen molar-refractivity contribution in [1.82, 2.24) is 10.3 Å². The smallest absolute Gasteiger partial charge is 0.0498 e. The van der Waals surface area contributed by atoms with E-state index in [4.69, 9.17) is 0 Å². The van der Waals surface area contributed by atoms with Crippen molar-refractivity contribution in [2.24, 2.45) is 0 Å². The SMILES string of the molecule is C=C1NCCc2c(-c3ccc(Br)cc3)[nH]c3cccc1c23. The third-order valence-corrected chi connectivity index (χ3v) is 4.63. The maximum atomic E-state index is 4.16. The minimum Gasteiger partial charge on any atom is -0.385 e. The molecular formula is C18H15BrN2. The molecule has 2 N–H and O–H groups in total. The molecule has 0 saturated carbocycles. The molecule has 0 amide bonds. The van der Waals surface area contributed by atoms with Crippen LogP contribution in [0, 0.1) is 0 Å². The monoisotopic (exact) mass is 338 g/mol. The van der Waals surface area contributed by atoms with Crippen molar-refractivity contribution in [2.75, 3.05) is 6.54 Å². The van der Waals surface area contributed by atoms with Crippen molar-refractivity contribution in [3.8, 4) is 11.3 Å². The van der Waals surface area contributed by atoms with Crippen LogP contribution in [0.4, 0.5) is 0 Å². The Labute approximate surface area is 132 Å². The molecule has 0 aliphatic carbocycles. The van der Waals surface area contributed by atoms with Gasteiger partial charge in [0.1, 0.15) is 0 Å². The number of hydrogen-bond acceptors (Lipinski definition) is 1. The molecule has 0 saturated heterocycles. The van der Waals surface area contributed by atoms with Gasteiger partial charge in [-0.15, -0.1) is 0 Å².